The van der Waals surface area contributed by atoms with E-state index in [4.69, 9.17) is 22.1 Å². The van der Waals surface area contributed by atoms with Gasteiger partial charge in [-0.15, -0.1) is 0 Å². The fraction of sp³-hybridized carbons (Fsp3) is 0.214. The molecule has 0 saturated carbocycles. The van der Waals surface area contributed by atoms with E-state index in [-0.39, 0.29) is 31.6 Å². The second kappa shape index (κ2) is 11.8. The second-order valence-corrected chi connectivity index (χ2v) is 11.2. The highest BCUT2D eigenvalue weighted by Gasteiger charge is 2.35. The van der Waals surface area contributed by atoms with Gasteiger partial charge in [-0.25, -0.2) is 13.2 Å². The van der Waals surface area contributed by atoms with Crippen molar-refractivity contribution in [2.75, 3.05) is 25.9 Å². The summed E-state index contributed by atoms with van der Waals surface area (Å²) in [5, 5.41) is 1.74. The minimum atomic E-state index is -3.71. The van der Waals surface area contributed by atoms with Crippen molar-refractivity contribution in [2.45, 2.75) is 19.0 Å². The number of nitrogens with two attached hydrogens (primary N) is 1. The predicted octanol–water partition coefficient (Wildman–Crippen LogP) is 4.43. The van der Waals surface area contributed by atoms with Crippen LogP contribution in [0.5, 0.6) is 0 Å². The number of hydrogen-bond acceptors (Lipinski definition) is 6. The van der Waals surface area contributed by atoms with Gasteiger partial charge in [0.2, 0.25) is 10.0 Å². The van der Waals surface area contributed by atoms with Gasteiger partial charge in [0.25, 0.3) is 5.91 Å². The van der Waals surface area contributed by atoms with Gasteiger partial charge in [-0.1, -0.05) is 35.9 Å². The fourth-order valence-corrected chi connectivity index (χ4v) is 5.61. The first-order valence-corrected chi connectivity index (χ1v) is 13.8. The highest BCUT2D eigenvalue weighted by molar-refractivity contribution is 7.92. The molecular formula is C28H28ClN3O5S. The average molecular weight is 554 g/mol. The molecule has 1 fully saturated rings. The summed E-state index contributed by atoms with van der Waals surface area (Å²) < 4.78 is 32.3. The lowest BCUT2D eigenvalue weighted by molar-refractivity contribution is 0.0599. The van der Waals surface area contributed by atoms with E-state index in [1.54, 1.807) is 77.7 Å². The monoisotopic (exact) mass is 553 g/mol. The van der Waals surface area contributed by atoms with Gasteiger partial charge in [-0.2, -0.15) is 4.31 Å². The number of sulfonamides is 1. The van der Waals surface area contributed by atoms with E-state index in [1.165, 1.54) is 22.9 Å². The van der Waals surface area contributed by atoms with Crippen LogP contribution >= 0.6 is 11.6 Å². The van der Waals surface area contributed by atoms with Crippen LogP contribution in [0.3, 0.4) is 0 Å². The van der Waals surface area contributed by atoms with E-state index < -0.39 is 16.0 Å². The van der Waals surface area contributed by atoms with Crippen molar-refractivity contribution < 1.29 is 22.7 Å². The van der Waals surface area contributed by atoms with Crippen LogP contribution in [0.4, 0.5) is 5.69 Å². The zero-order valence-electron chi connectivity index (χ0n) is 20.8. The molecule has 2 N–H and O–H groups in total. The molecule has 1 atom stereocenters. The van der Waals surface area contributed by atoms with Crippen molar-refractivity contribution in [2.24, 2.45) is 0 Å². The van der Waals surface area contributed by atoms with E-state index in [2.05, 4.69) is 0 Å². The van der Waals surface area contributed by atoms with E-state index in [0.717, 1.165) is 5.56 Å². The Morgan fingerprint density at radius 2 is 1.66 bits per heavy atom. The van der Waals surface area contributed by atoms with Gasteiger partial charge in [0, 0.05) is 47.4 Å². The predicted molar refractivity (Wildman–Crippen MR) is 148 cm³/mol. The molecule has 3 aromatic rings. The summed E-state index contributed by atoms with van der Waals surface area (Å²) in [6, 6.07) is 19.9. The SMILES string of the molecule is COC(=O)c1ccc(CN(C(=O)c2ccc(N)cc2)C2CCN(S(=O)(=O)/C=C/c3ccc(Cl)cc3)C2)cc1. The first kappa shape index (κ1) is 27.4. The van der Waals surface area contributed by atoms with Gasteiger partial charge in [-0.3, -0.25) is 4.79 Å². The first-order chi connectivity index (χ1) is 18.2. The van der Waals surface area contributed by atoms with Crippen LogP contribution < -0.4 is 5.73 Å². The average Bonchev–Trinajstić information content (AvgIpc) is 3.42. The number of esters is 1. The summed E-state index contributed by atoms with van der Waals surface area (Å²) in [5.41, 5.74) is 8.70. The zero-order valence-corrected chi connectivity index (χ0v) is 22.4. The minimum Gasteiger partial charge on any atom is -0.465 e. The fourth-order valence-electron chi connectivity index (χ4n) is 4.24. The largest absolute Gasteiger partial charge is 0.465 e. The van der Waals surface area contributed by atoms with Gasteiger partial charge in [0.05, 0.1) is 12.7 Å². The highest BCUT2D eigenvalue weighted by Crippen LogP contribution is 2.25. The van der Waals surface area contributed by atoms with Crippen LogP contribution in [0.2, 0.25) is 5.02 Å². The number of ether oxygens (including phenoxy) is 1. The Hall–Kier alpha value is -3.66. The molecule has 1 heterocycles. The third-order valence-electron chi connectivity index (χ3n) is 6.38. The number of benzene rings is 3. The maximum absolute atomic E-state index is 13.6. The summed E-state index contributed by atoms with van der Waals surface area (Å²) in [6.07, 6.45) is 2.01. The molecule has 4 rings (SSSR count). The lowest BCUT2D eigenvalue weighted by Crippen LogP contribution is -2.42. The molecule has 1 amide bonds. The van der Waals surface area contributed by atoms with Gasteiger partial charge in [0.1, 0.15) is 0 Å². The summed E-state index contributed by atoms with van der Waals surface area (Å²) in [5.74, 6) is -0.683. The quantitative estimate of drug-likeness (QED) is 0.326. The van der Waals surface area contributed by atoms with Crippen LogP contribution in [0.25, 0.3) is 6.08 Å². The molecule has 0 aliphatic carbocycles. The zero-order chi connectivity index (χ0) is 27.3. The molecule has 1 saturated heterocycles. The number of halogens is 1. The topological polar surface area (TPSA) is 110 Å². The number of nitrogens with zero attached hydrogens (tertiary/aromatic N) is 2. The molecule has 198 valence electrons. The number of anilines is 1. The molecule has 0 spiro atoms. The molecule has 38 heavy (non-hydrogen) atoms. The molecule has 0 radical (unpaired) electrons. The molecule has 1 unspecified atom stereocenters. The van der Waals surface area contributed by atoms with Crippen LogP contribution in [-0.4, -0.2) is 55.7 Å². The van der Waals surface area contributed by atoms with E-state index in [1.807, 2.05) is 0 Å². The summed E-state index contributed by atoms with van der Waals surface area (Å²) >= 11 is 5.91. The van der Waals surface area contributed by atoms with Crippen molar-refractivity contribution in [3.63, 3.8) is 0 Å². The first-order valence-electron chi connectivity index (χ1n) is 11.9. The van der Waals surface area contributed by atoms with Crippen LogP contribution in [0.1, 0.15) is 38.3 Å². The van der Waals surface area contributed by atoms with Crippen LogP contribution in [0, 0.1) is 0 Å². The smallest absolute Gasteiger partial charge is 0.337 e. The number of rotatable bonds is 8. The Bertz CT molecular complexity index is 1420. The van der Waals surface area contributed by atoms with Gasteiger partial charge >= 0.3 is 5.97 Å². The van der Waals surface area contributed by atoms with Gasteiger partial charge in [-0.05, 0) is 72.2 Å². The van der Waals surface area contributed by atoms with Crippen molar-refractivity contribution in [1.82, 2.24) is 9.21 Å². The number of carbonyl (C=O) groups is 2. The molecule has 3 aromatic carbocycles. The van der Waals surface area contributed by atoms with E-state index in [9.17, 15) is 18.0 Å². The Morgan fingerprint density at radius 1 is 1.03 bits per heavy atom. The highest BCUT2D eigenvalue weighted by atomic mass is 35.5. The number of methoxy groups -OCH3 is 1. The van der Waals surface area contributed by atoms with Gasteiger partial charge < -0.3 is 15.4 Å². The lowest BCUT2D eigenvalue weighted by Gasteiger charge is -2.29. The number of carbonyl (C=O) groups excluding carboxylic acids is 2. The minimum absolute atomic E-state index is 0.161. The third kappa shape index (κ3) is 6.61. The molecule has 1 aliphatic heterocycles. The number of nitrogen functional groups attached to an aromatic ring is 1. The van der Waals surface area contributed by atoms with E-state index >= 15 is 0 Å². The Morgan fingerprint density at radius 3 is 2.29 bits per heavy atom. The molecular weight excluding hydrogens is 526 g/mol. The van der Waals surface area contributed by atoms with Crippen molar-refractivity contribution in [1.29, 1.82) is 0 Å². The van der Waals surface area contributed by atoms with Crippen molar-refractivity contribution in [3.8, 4) is 0 Å². The Balaban J connectivity index is 1.55. The Labute approximate surface area is 227 Å². The molecule has 8 nitrogen and oxygen atoms in total. The van der Waals surface area contributed by atoms with Crippen LogP contribution in [0.15, 0.2) is 78.2 Å². The normalized spacial score (nSPS) is 16.0. The molecule has 0 aromatic heterocycles. The number of hydrogen-bond donors (Lipinski definition) is 1. The summed E-state index contributed by atoms with van der Waals surface area (Å²) in [7, 11) is -2.39. The second-order valence-electron chi connectivity index (χ2n) is 8.94. The standard InChI is InChI=1S/C28H28ClN3O5S/c1-37-28(34)23-6-2-21(3-7-23)18-32(27(33)22-8-12-25(30)13-9-22)26-14-16-31(19-26)38(35,36)17-15-20-4-10-24(29)11-5-20/h2-13,15,17,26H,14,16,18-19,30H2,1H3/b17-15+. The van der Waals surface area contributed by atoms with Crippen molar-refractivity contribution in [3.05, 3.63) is 105 Å². The molecule has 0 bridgehead atoms. The Kier molecular flexibility index (Phi) is 8.51. The summed E-state index contributed by atoms with van der Waals surface area (Å²) in [4.78, 5) is 27.1. The van der Waals surface area contributed by atoms with E-state index in [0.29, 0.717) is 33.8 Å². The molecule has 10 heteroatoms. The summed E-state index contributed by atoms with van der Waals surface area (Å²) in [6.45, 7) is 0.683. The molecule has 1 aliphatic rings. The maximum Gasteiger partial charge on any atom is 0.337 e. The van der Waals surface area contributed by atoms with Crippen LogP contribution in [-0.2, 0) is 21.3 Å². The maximum atomic E-state index is 13.6. The third-order valence-corrected chi connectivity index (χ3v) is 8.16. The van der Waals surface area contributed by atoms with Crippen molar-refractivity contribution >= 4 is 45.3 Å². The van der Waals surface area contributed by atoms with Gasteiger partial charge in [0.15, 0.2) is 0 Å². The number of amides is 1. The lowest BCUT2D eigenvalue weighted by atomic mass is 10.1.